The van der Waals surface area contributed by atoms with Gasteiger partial charge in [0.2, 0.25) is 0 Å². The predicted molar refractivity (Wildman–Crippen MR) is 132 cm³/mol. The molecule has 0 bridgehead atoms. The summed E-state index contributed by atoms with van der Waals surface area (Å²) in [6.07, 6.45) is 3.21. The van der Waals surface area contributed by atoms with Crippen molar-refractivity contribution >= 4 is 40.1 Å². The molecule has 9 heteroatoms. The summed E-state index contributed by atoms with van der Waals surface area (Å²) in [5.41, 5.74) is 4.24. The second kappa shape index (κ2) is 7.89. The van der Waals surface area contributed by atoms with Crippen molar-refractivity contribution in [2.75, 3.05) is 0 Å². The highest BCUT2D eigenvalue weighted by Gasteiger charge is 2.33. The average molecular weight is 488 g/mol. The number of nitro benzene ring substituents is 1. The van der Waals surface area contributed by atoms with Crippen LogP contribution in [0.2, 0.25) is 0 Å². The van der Waals surface area contributed by atoms with Crippen LogP contribution in [0.4, 0.5) is 5.69 Å². The zero-order chi connectivity index (χ0) is 23.4. The molecule has 2 aromatic carbocycles. The minimum atomic E-state index is -0.527. The minimum absolute atomic E-state index is 0.125. The van der Waals surface area contributed by atoms with Crippen molar-refractivity contribution < 1.29 is 10.0 Å². The highest BCUT2D eigenvalue weighted by Crippen LogP contribution is 2.42. The Hall–Kier alpha value is -3.82. The summed E-state index contributed by atoms with van der Waals surface area (Å²) < 4.78 is 2.09. The second-order valence-corrected chi connectivity index (χ2v) is 10.1. The molecule has 168 valence electrons. The number of hydrogen-bond donors (Lipinski definition) is 1. The normalized spacial score (nSPS) is 17.1. The fourth-order valence-corrected chi connectivity index (χ4v) is 6.47. The number of aromatic hydroxyl groups is 1. The van der Waals surface area contributed by atoms with E-state index in [1.165, 1.54) is 41.2 Å². The fourth-order valence-electron chi connectivity index (χ4n) is 4.63. The lowest BCUT2D eigenvalue weighted by Crippen LogP contribution is -2.38. The molecule has 0 amide bonds. The molecular formula is C25H17N3O4S2. The lowest BCUT2D eigenvalue weighted by molar-refractivity contribution is -0.384. The monoisotopic (exact) mass is 487 g/mol. The van der Waals surface area contributed by atoms with Gasteiger partial charge in [-0.3, -0.25) is 19.5 Å². The van der Waals surface area contributed by atoms with Gasteiger partial charge in [-0.05, 0) is 47.6 Å². The van der Waals surface area contributed by atoms with E-state index in [-0.39, 0.29) is 28.6 Å². The molecule has 6 rings (SSSR count). The molecule has 0 spiro atoms. The fraction of sp³-hybridized carbons (Fsp3) is 0.120. The van der Waals surface area contributed by atoms with E-state index in [1.54, 1.807) is 15.9 Å². The van der Waals surface area contributed by atoms with Crippen LogP contribution in [0.15, 0.2) is 75.3 Å². The molecule has 0 fully saturated rings. The van der Waals surface area contributed by atoms with Gasteiger partial charge in [-0.1, -0.05) is 41.7 Å². The number of phenols is 1. The van der Waals surface area contributed by atoms with Crippen molar-refractivity contribution in [2.45, 2.75) is 18.9 Å². The number of rotatable bonds is 3. The smallest absolute Gasteiger partial charge is 0.271 e. The Kier molecular flexibility index (Phi) is 4.82. The lowest BCUT2D eigenvalue weighted by Gasteiger charge is -2.30. The van der Waals surface area contributed by atoms with E-state index in [1.807, 2.05) is 29.6 Å². The Morgan fingerprint density at radius 2 is 2.00 bits per heavy atom. The average Bonchev–Trinajstić information content (AvgIpc) is 3.47. The van der Waals surface area contributed by atoms with Crippen molar-refractivity contribution in [1.82, 2.24) is 4.57 Å². The molecule has 1 atom stereocenters. The number of fused-ring (bicyclic) bond motifs is 3. The van der Waals surface area contributed by atoms with Gasteiger partial charge in [0, 0.05) is 28.1 Å². The van der Waals surface area contributed by atoms with Crippen molar-refractivity contribution in [2.24, 2.45) is 4.99 Å². The number of hydrogen-bond acceptors (Lipinski definition) is 7. The van der Waals surface area contributed by atoms with Gasteiger partial charge in [-0.2, -0.15) is 0 Å². The first-order valence-corrected chi connectivity index (χ1v) is 12.3. The molecule has 34 heavy (non-hydrogen) atoms. The first-order chi connectivity index (χ1) is 16.5. The maximum atomic E-state index is 13.6. The molecule has 4 aromatic rings. The molecule has 7 nitrogen and oxygen atoms in total. The number of aryl methyl sites for hydroxylation is 1. The third-order valence-electron chi connectivity index (χ3n) is 6.19. The van der Waals surface area contributed by atoms with Gasteiger partial charge < -0.3 is 5.11 Å². The number of phenolic OH excluding ortho intramolecular Hbond substituents is 1. The van der Waals surface area contributed by atoms with Crippen molar-refractivity contribution in [3.05, 3.63) is 117 Å². The molecule has 0 saturated heterocycles. The lowest BCUT2D eigenvalue weighted by atomic mass is 9.85. The van der Waals surface area contributed by atoms with Crippen LogP contribution < -0.4 is 14.9 Å². The van der Waals surface area contributed by atoms with Crippen LogP contribution in [0, 0.1) is 10.1 Å². The van der Waals surface area contributed by atoms with Crippen LogP contribution in [0.3, 0.4) is 0 Å². The number of thiophene rings is 1. The molecule has 2 aliphatic rings. The van der Waals surface area contributed by atoms with E-state index in [4.69, 9.17) is 4.99 Å². The molecule has 3 heterocycles. The largest absolute Gasteiger partial charge is 0.507 e. The van der Waals surface area contributed by atoms with E-state index < -0.39 is 4.92 Å². The summed E-state index contributed by atoms with van der Waals surface area (Å²) in [7, 11) is 0. The topological polar surface area (TPSA) is 97.7 Å². The number of aromatic nitrogens is 1. The number of thiazole rings is 1. The van der Waals surface area contributed by atoms with Gasteiger partial charge in [0.05, 0.1) is 21.2 Å². The Morgan fingerprint density at radius 1 is 1.15 bits per heavy atom. The minimum Gasteiger partial charge on any atom is -0.507 e. The van der Waals surface area contributed by atoms with E-state index in [9.17, 15) is 20.0 Å². The summed E-state index contributed by atoms with van der Waals surface area (Å²) in [6.45, 7) is 0. The Balaban J connectivity index is 1.61. The van der Waals surface area contributed by atoms with Crippen LogP contribution >= 0.6 is 22.7 Å². The van der Waals surface area contributed by atoms with Gasteiger partial charge in [0.25, 0.3) is 11.2 Å². The van der Waals surface area contributed by atoms with Crippen molar-refractivity contribution in [3.63, 3.8) is 0 Å². The Morgan fingerprint density at radius 3 is 2.79 bits per heavy atom. The van der Waals surface area contributed by atoms with Crippen LogP contribution in [0.25, 0.3) is 11.8 Å². The summed E-state index contributed by atoms with van der Waals surface area (Å²) in [6, 6.07) is 15.8. The standard InChI is InChI=1S/C25H17N3O4S2/c29-19-10-8-16(28(31)32)12-15(19)13-21-24(30)27-23(20-6-3-11-33-20)18-9-7-14-4-1-2-5-17(14)22(18)26-25(27)34-21/h1-6,8,10-13,23,29H,7,9H2/b21-13+/t23-/m0/s1. The number of nitro groups is 1. The molecule has 0 unspecified atom stereocenters. The summed E-state index contributed by atoms with van der Waals surface area (Å²) in [5, 5.41) is 23.5. The summed E-state index contributed by atoms with van der Waals surface area (Å²) >= 11 is 2.83. The van der Waals surface area contributed by atoms with Crippen LogP contribution in [0.5, 0.6) is 5.75 Å². The van der Waals surface area contributed by atoms with Gasteiger partial charge in [-0.15, -0.1) is 11.3 Å². The van der Waals surface area contributed by atoms with Gasteiger partial charge in [0.1, 0.15) is 5.75 Å². The van der Waals surface area contributed by atoms with E-state index in [2.05, 4.69) is 12.1 Å². The van der Waals surface area contributed by atoms with E-state index in [0.717, 1.165) is 34.6 Å². The second-order valence-electron chi connectivity index (χ2n) is 8.13. The number of benzene rings is 2. The molecule has 1 N–H and O–H groups in total. The third-order valence-corrected chi connectivity index (χ3v) is 8.10. The zero-order valence-electron chi connectivity index (χ0n) is 17.7. The first kappa shape index (κ1) is 20.8. The molecule has 1 aliphatic heterocycles. The quantitative estimate of drug-likeness (QED) is 0.349. The maximum Gasteiger partial charge on any atom is 0.271 e. The Labute approximate surface area is 201 Å². The van der Waals surface area contributed by atoms with Gasteiger partial charge in [-0.25, -0.2) is 4.99 Å². The van der Waals surface area contributed by atoms with Crippen LogP contribution in [-0.2, 0) is 6.42 Å². The van der Waals surface area contributed by atoms with E-state index >= 15 is 0 Å². The molecule has 0 saturated carbocycles. The summed E-state index contributed by atoms with van der Waals surface area (Å²) in [4.78, 5) is 30.9. The molecule has 2 aromatic heterocycles. The van der Waals surface area contributed by atoms with Crippen molar-refractivity contribution in [3.8, 4) is 5.75 Å². The highest BCUT2D eigenvalue weighted by atomic mass is 32.1. The Bertz CT molecular complexity index is 1680. The number of nitrogens with zero attached hydrogens (tertiary/aromatic N) is 3. The molecular weight excluding hydrogens is 470 g/mol. The van der Waals surface area contributed by atoms with Gasteiger partial charge in [0.15, 0.2) is 4.80 Å². The zero-order valence-corrected chi connectivity index (χ0v) is 19.3. The summed E-state index contributed by atoms with van der Waals surface area (Å²) in [5.74, 6) is -0.125. The first-order valence-electron chi connectivity index (χ1n) is 10.6. The van der Waals surface area contributed by atoms with Crippen LogP contribution in [0.1, 0.15) is 34.0 Å². The third kappa shape index (κ3) is 3.24. The van der Waals surface area contributed by atoms with Gasteiger partial charge >= 0.3 is 0 Å². The number of non-ortho nitro benzene ring substituents is 1. The SMILES string of the molecule is O=c1/c(=C\c2cc([N+](=O)[O-])ccc2O)sc2n1[C@H](c1cccs1)C1=C(N=2)c2ccccc2CC1. The highest BCUT2D eigenvalue weighted by molar-refractivity contribution is 7.10. The number of allylic oxidation sites excluding steroid dienone is 1. The molecule has 1 aliphatic carbocycles. The predicted octanol–water partition coefficient (Wildman–Crippen LogP) is 3.99. The van der Waals surface area contributed by atoms with Crippen molar-refractivity contribution in [1.29, 1.82) is 0 Å². The van der Waals surface area contributed by atoms with Crippen LogP contribution in [-0.4, -0.2) is 14.6 Å². The molecule has 0 radical (unpaired) electrons. The van der Waals surface area contributed by atoms with E-state index in [0.29, 0.717) is 9.33 Å². The maximum absolute atomic E-state index is 13.6.